The third-order valence-corrected chi connectivity index (χ3v) is 2.87. The molecule has 4 nitrogen and oxygen atoms in total. The Bertz CT molecular complexity index is 643. The molecule has 0 radical (unpaired) electrons. The molecule has 2 aromatic rings. The molecule has 110 valence electrons. The number of hydrogen-bond acceptors (Lipinski definition) is 4. The first kappa shape index (κ1) is 14.8. The van der Waals surface area contributed by atoms with E-state index >= 15 is 0 Å². The van der Waals surface area contributed by atoms with E-state index in [1.165, 1.54) is 12.1 Å². The zero-order chi connectivity index (χ0) is 15.2. The molecule has 21 heavy (non-hydrogen) atoms. The third-order valence-electron chi connectivity index (χ3n) is 2.87. The Morgan fingerprint density at radius 1 is 1.24 bits per heavy atom. The summed E-state index contributed by atoms with van der Waals surface area (Å²) < 4.78 is 23.9. The van der Waals surface area contributed by atoms with Crippen molar-refractivity contribution in [2.24, 2.45) is 0 Å². The molecule has 0 saturated carbocycles. The number of anilines is 1. The fraction of sp³-hybridized carbons (Fsp3) is 0.188. The number of rotatable bonds is 5. The minimum atomic E-state index is -0.451. The molecule has 0 saturated heterocycles. The average molecular weight is 289 g/mol. The van der Waals surface area contributed by atoms with Crippen LogP contribution in [0.5, 0.6) is 5.75 Å². The maximum absolute atomic E-state index is 13.5. The van der Waals surface area contributed by atoms with Crippen LogP contribution in [0.25, 0.3) is 0 Å². The van der Waals surface area contributed by atoms with Crippen molar-refractivity contribution in [2.75, 3.05) is 12.3 Å². The van der Waals surface area contributed by atoms with Gasteiger partial charge in [0.1, 0.15) is 18.2 Å². The van der Waals surface area contributed by atoms with Crippen LogP contribution in [0.3, 0.4) is 0 Å². The predicted molar refractivity (Wildman–Crippen MR) is 77.5 cm³/mol. The zero-order valence-corrected chi connectivity index (χ0v) is 11.6. The molecular formula is C16H16FNO3. The van der Waals surface area contributed by atoms with Gasteiger partial charge in [-0.15, -0.1) is 0 Å². The summed E-state index contributed by atoms with van der Waals surface area (Å²) in [7, 11) is 0. The van der Waals surface area contributed by atoms with Gasteiger partial charge in [0.25, 0.3) is 0 Å². The molecule has 0 aliphatic heterocycles. The molecular weight excluding hydrogens is 273 g/mol. The summed E-state index contributed by atoms with van der Waals surface area (Å²) in [6.45, 7) is 2.04. The molecule has 0 fully saturated rings. The van der Waals surface area contributed by atoms with Crippen LogP contribution >= 0.6 is 0 Å². The van der Waals surface area contributed by atoms with Gasteiger partial charge in [0, 0.05) is 5.56 Å². The molecule has 5 heteroatoms. The third kappa shape index (κ3) is 3.72. The predicted octanol–water partition coefficient (Wildman–Crippen LogP) is 3.16. The van der Waals surface area contributed by atoms with Gasteiger partial charge in [-0.3, -0.25) is 0 Å². The highest BCUT2D eigenvalue weighted by molar-refractivity contribution is 5.90. The van der Waals surface area contributed by atoms with E-state index in [9.17, 15) is 9.18 Å². The van der Waals surface area contributed by atoms with Crippen LogP contribution < -0.4 is 10.5 Å². The number of nitrogens with two attached hydrogens (primary N) is 1. The lowest BCUT2D eigenvalue weighted by atomic mass is 10.2. The van der Waals surface area contributed by atoms with Gasteiger partial charge in [-0.05, 0) is 31.2 Å². The molecule has 0 atom stereocenters. The van der Waals surface area contributed by atoms with Crippen LogP contribution in [-0.2, 0) is 11.3 Å². The highest BCUT2D eigenvalue weighted by atomic mass is 19.1. The molecule has 0 amide bonds. The summed E-state index contributed by atoms with van der Waals surface area (Å²) in [6, 6.07) is 10.9. The van der Waals surface area contributed by atoms with Gasteiger partial charge in [0.15, 0.2) is 0 Å². The van der Waals surface area contributed by atoms with E-state index in [4.69, 9.17) is 15.2 Å². The van der Waals surface area contributed by atoms with Crippen molar-refractivity contribution in [3.8, 4) is 5.75 Å². The molecule has 0 spiro atoms. The summed E-state index contributed by atoms with van der Waals surface area (Å²) in [6.07, 6.45) is 0. The first-order valence-electron chi connectivity index (χ1n) is 6.54. The lowest BCUT2D eigenvalue weighted by Gasteiger charge is -2.11. The number of nitrogen functional groups attached to an aromatic ring is 1. The van der Waals surface area contributed by atoms with E-state index in [1.807, 2.05) is 0 Å². The SMILES string of the molecule is CCOC(=O)c1ccc(N)c(OCc2ccccc2F)c1. The number of hydrogen-bond donors (Lipinski definition) is 1. The van der Waals surface area contributed by atoms with Crippen LogP contribution in [0.2, 0.25) is 0 Å². The molecule has 2 aromatic carbocycles. The minimum Gasteiger partial charge on any atom is -0.487 e. The Balaban J connectivity index is 2.14. The highest BCUT2D eigenvalue weighted by Crippen LogP contribution is 2.24. The van der Waals surface area contributed by atoms with Gasteiger partial charge < -0.3 is 15.2 Å². The first-order valence-corrected chi connectivity index (χ1v) is 6.54. The van der Waals surface area contributed by atoms with Crippen LogP contribution in [0, 0.1) is 5.82 Å². The molecule has 0 aliphatic rings. The molecule has 0 bridgehead atoms. The highest BCUT2D eigenvalue weighted by Gasteiger charge is 2.11. The second-order valence-electron chi connectivity index (χ2n) is 4.35. The Kier molecular flexibility index (Phi) is 4.77. The Hall–Kier alpha value is -2.56. The van der Waals surface area contributed by atoms with Crippen molar-refractivity contribution >= 4 is 11.7 Å². The molecule has 0 heterocycles. The van der Waals surface area contributed by atoms with Gasteiger partial charge in [0.05, 0.1) is 17.9 Å². The minimum absolute atomic E-state index is 0.0309. The van der Waals surface area contributed by atoms with Gasteiger partial charge in [-0.2, -0.15) is 0 Å². The Labute approximate surface area is 122 Å². The normalized spacial score (nSPS) is 10.2. The molecule has 0 aliphatic carbocycles. The lowest BCUT2D eigenvalue weighted by Crippen LogP contribution is -2.06. The van der Waals surface area contributed by atoms with E-state index in [0.29, 0.717) is 22.6 Å². The van der Waals surface area contributed by atoms with E-state index in [2.05, 4.69) is 0 Å². The quantitative estimate of drug-likeness (QED) is 0.678. The zero-order valence-electron chi connectivity index (χ0n) is 11.6. The molecule has 0 unspecified atom stereocenters. The average Bonchev–Trinajstić information content (AvgIpc) is 2.48. The summed E-state index contributed by atoms with van der Waals surface area (Å²) >= 11 is 0. The second-order valence-corrected chi connectivity index (χ2v) is 4.35. The second kappa shape index (κ2) is 6.74. The van der Waals surface area contributed by atoms with Gasteiger partial charge in [-0.1, -0.05) is 18.2 Å². The van der Waals surface area contributed by atoms with E-state index in [0.717, 1.165) is 0 Å². The van der Waals surface area contributed by atoms with Crippen molar-refractivity contribution in [3.05, 3.63) is 59.4 Å². The fourth-order valence-corrected chi connectivity index (χ4v) is 1.77. The Morgan fingerprint density at radius 3 is 2.71 bits per heavy atom. The van der Waals surface area contributed by atoms with Gasteiger partial charge in [0.2, 0.25) is 0 Å². The van der Waals surface area contributed by atoms with Crippen molar-refractivity contribution in [2.45, 2.75) is 13.5 Å². The first-order chi connectivity index (χ1) is 10.1. The smallest absolute Gasteiger partial charge is 0.338 e. The van der Waals surface area contributed by atoms with E-state index < -0.39 is 5.97 Å². The van der Waals surface area contributed by atoms with Crippen molar-refractivity contribution in [1.29, 1.82) is 0 Å². The number of ether oxygens (including phenoxy) is 2. The number of carbonyl (C=O) groups excluding carboxylic acids is 1. The summed E-state index contributed by atoms with van der Waals surface area (Å²) in [4.78, 5) is 11.7. The summed E-state index contributed by atoms with van der Waals surface area (Å²) in [5, 5.41) is 0. The van der Waals surface area contributed by atoms with Crippen molar-refractivity contribution in [3.63, 3.8) is 0 Å². The standard InChI is InChI=1S/C16H16FNO3/c1-2-20-16(19)11-7-8-14(18)15(9-11)21-10-12-5-3-4-6-13(12)17/h3-9H,2,10,18H2,1H3. The van der Waals surface area contributed by atoms with Crippen LogP contribution in [0.1, 0.15) is 22.8 Å². The number of esters is 1. The molecule has 0 aromatic heterocycles. The summed E-state index contributed by atoms with van der Waals surface area (Å²) in [5.41, 5.74) is 6.93. The van der Waals surface area contributed by atoms with Crippen LogP contribution in [0.15, 0.2) is 42.5 Å². The maximum atomic E-state index is 13.5. The fourth-order valence-electron chi connectivity index (χ4n) is 1.77. The Morgan fingerprint density at radius 2 is 2.00 bits per heavy atom. The maximum Gasteiger partial charge on any atom is 0.338 e. The van der Waals surface area contributed by atoms with E-state index in [1.54, 1.807) is 37.3 Å². The van der Waals surface area contributed by atoms with Gasteiger partial charge in [-0.25, -0.2) is 9.18 Å². The monoisotopic (exact) mass is 289 g/mol. The molecule has 2 rings (SSSR count). The van der Waals surface area contributed by atoms with Crippen molar-refractivity contribution in [1.82, 2.24) is 0 Å². The summed E-state index contributed by atoms with van der Waals surface area (Å²) in [5.74, 6) is -0.477. The molecule has 2 N–H and O–H groups in total. The van der Waals surface area contributed by atoms with Crippen LogP contribution in [0.4, 0.5) is 10.1 Å². The van der Waals surface area contributed by atoms with Crippen molar-refractivity contribution < 1.29 is 18.7 Å². The van der Waals surface area contributed by atoms with Gasteiger partial charge >= 0.3 is 5.97 Å². The number of carbonyl (C=O) groups is 1. The van der Waals surface area contributed by atoms with E-state index in [-0.39, 0.29) is 19.0 Å². The topological polar surface area (TPSA) is 61.5 Å². The number of benzene rings is 2. The largest absolute Gasteiger partial charge is 0.487 e. The van der Waals surface area contributed by atoms with Crippen LogP contribution in [-0.4, -0.2) is 12.6 Å². The number of halogens is 1. The lowest BCUT2D eigenvalue weighted by molar-refractivity contribution is 0.0526.